The van der Waals surface area contributed by atoms with E-state index in [9.17, 15) is 9.59 Å². The van der Waals surface area contributed by atoms with Gasteiger partial charge in [-0.3, -0.25) is 9.59 Å². The number of carbonyl (C=O) groups excluding carboxylic acids is 2. The van der Waals surface area contributed by atoms with E-state index in [0.717, 1.165) is 19.4 Å². The summed E-state index contributed by atoms with van der Waals surface area (Å²) in [4.78, 5) is 25.7. The number of carbonyl (C=O) groups is 2. The molecular formula is C14H18ClN3O2. The fraction of sp³-hybridized carbons (Fsp3) is 0.429. The lowest BCUT2D eigenvalue weighted by atomic mass is 10.2. The first-order chi connectivity index (χ1) is 9.49. The number of likely N-dealkylation sites (tertiary alicyclic amines) is 1. The van der Waals surface area contributed by atoms with Crippen molar-refractivity contribution in [1.29, 1.82) is 0 Å². The van der Waals surface area contributed by atoms with Crippen LogP contribution >= 0.6 is 11.6 Å². The maximum atomic E-state index is 12.0. The molecule has 0 spiro atoms. The van der Waals surface area contributed by atoms with Gasteiger partial charge < -0.3 is 16.0 Å². The maximum Gasteiger partial charge on any atom is 0.251 e. The Balaban J connectivity index is 1.91. The Bertz CT molecular complexity index is 533. The van der Waals surface area contributed by atoms with E-state index in [1.165, 1.54) is 6.07 Å². The van der Waals surface area contributed by atoms with Gasteiger partial charge in [-0.05, 0) is 38.0 Å². The highest BCUT2D eigenvalue weighted by Gasteiger charge is 2.25. The van der Waals surface area contributed by atoms with Crippen LogP contribution in [0.2, 0.25) is 5.02 Å². The lowest BCUT2D eigenvalue weighted by molar-refractivity contribution is -0.130. The molecule has 0 unspecified atom stereocenters. The average Bonchev–Trinajstić information content (AvgIpc) is 2.85. The van der Waals surface area contributed by atoms with Crippen molar-refractivity contribution >= 4 is 29.1 Å². The first kappa shape index (κ1) is 14.7. The number of halogens is 1. The Morgan fingerprint density at radius 2 is 2.25 bits per heavy atom. The van der Waals surface area contributed by atoms with Crippen LogP contribution in [0.5, 0.6) is 0 Å². The van der Waals surface area contributed by atoms with Gasteiger partial charge in [-0.1, -0.05) is 11.6 Å². The summed E-state index contributed by atoms with van der Waals surface area (Å²) in [5, 5.41) is 2.94. The molecule has 1 saturated heterocycles. The first-order valence-electron chi connectivity index (χ1n) is 6.61. The van der Waals surface area contributed by atoms with E-state index in [0.29, 0.717) is 16.3 Å². The summed E-state index contributed by atoms with van der Waals surface area (Å²) in [6.45, 7) is 2.79. The molecule has 0 aliphatic carbocycles. The van der Waals surface area contributed by atoms with E-state index in [1.807, 2.05) is 6.92 Å². The number of nitrogens with zero attached hydrogens (tertiary/aromatic N) is 1. The fourth-order valence-electron chi connectivity index (χ4n) is 2.33. The summed E-state index contributed by atoms with van der Waals surface area (Å²) >= 11 is 5.86. The molecule has 1 aliphatic rings. The van der Waals surface area contributed by atoms with Gasteiger partial charge in [-0.25, -0.2) is 0 Å². The highest BCUT2D eigenvalue weighted by Crippen LogP contribution is 2.19. The largest absolute Gasteiger partial charge is 0.398 e. The summed E-state index contributed by atoms with van der Waals surface area (Å²) in [5.41, 5.74) is 6.40. The summed E-state index contributed by atoms with van der Waals surface area (Å²) in [6, 6.07) is 4.90. The van der Waals surface area contributed by atoms with Gasteiger partial charge in [-0.15, -0.1) is 0 Å². The van der Waals surface area contributed by atoms with Crippen molar-refractivity contribution in [2.24, 2.45) is 0 Å². The molecule has 0 radical (unpaired) electrons. The van der Waals surface area contributed by atoms with Crippen molar-refractivity contribution in [1.82, 2.24) is 10.2 Å². The van der Waals surface area contributed by atoms with Crippen molar-refractivity contribution in [2.45, 2.75) is 25.8 Å². The average molecular weight is 296 g/mol. The lowest BCUT2D eigenvalue weighted by Crippen LogP contribution is -2.41. The fourth-order valence-corrected chi connectivity index (χ4v) is 2.51. The predicted molar refractivity (Wildman–Crippen MR) is 78.6 cm³/mol. The summed E-state index contributed by atoms with van der Waals surface area (Å²) in [5.74, 6) is -0.378. The molecule has 1 aromatic rings. The zero-order chi connectivity index (χ0) is 14.7. The number of anilines is 1. The minimum atomic E-state index is -0.327. The third-order valence-corrected chi connectivity index (χ3v) is 3.86. The highest BCUT2D eigenvalue weighted by atomic mass is 35.5. The van der Waals surface area contributed by atoms with Crippen molar-refractivity contribution in [3.05, 3.63) is 28.8 Å². The second kappa shape index (κ2) is 6.13. The third kappa shape index (κ3) is 3.22. The van der Waals surface area contributed by atoms with E-state index in [1.54, 1.807) is 17.0 Å². The van der Waals surface area contributed by atoms with Gasteiger partial charge in [0.25, 0.3) is 5.91 Å². The minimum Gasteiger partial charge on any atom is -0.398 e. The van der Waals surface area contributed by atoms with Gasteiger partial charge in [0.2, 0.25) is 5.91 Å². The Morgan fingerprint density at radius 1 is 1.50 bits per heavy atom. The van der Waals surface area contributed by atoms with Crippen LogP contribution < -0.4 is 11.1 Å². The number of hydrogen-bond donors (Lipinski definition) is 2. The smallest absolute Gasteiger partial charge is 0.251 e. The Hall–Kier alpha value is -1.75. The Morgan fingerprint density at radius 3 is 2.85 bits per heavy atom. The number of nitrogens with one attached hydrogen (secondary N) is 1. The summed E-state index contributed by atoms with van der Waals surface area (Å²) in [6.07, 6.45) is 2.04. The van der Waals surface area contributed by atoms with Crippen LogP contribution in [0.3, 0.4) is 0 Å². The molecule has 1 heterocycles. The summed E-state index contributed by atoms with van der Waals surface area (Å²) in [7, 11) is 0. The van der Waals surface area contributed by atoms with E-state index >= 15 is 0 Å². The molecule has 0 aromatic heterocycles. The van der Waals surface area contributed by atoms with Crippen molar-refractivity contribution in [3.63, 3.8) is 0 Å². The second-order valence-corrected chi connectivity index (χ2v) is 5.40. The van der Waals surface area contributed by atoms with Crippen LogP contribution in [0, 0.1) is 0 Å². The standard InChI is InChI=1S/C14H18ClN3O2/c1-9-3-2-6-18(9)13(19)8-17-14(20)10-4-5-12(16)11(15)7-10/h4-5,7,9H,2-3,6,8,16H2,1H3,(H,17,20)/t9-/m1/s1. The minimum absolute atomic E-state index is 0.00513. The van der Waals surface area contributed by atoms with Crippen LogP contribution in [0.1, 0.15) is 30.1 Å². The highest BCUT2D eigenvalue weighted by molar-refractivity contribution is 6.33. The normalized spacial score (nSPS) is 18.1. The predicted octanol–water partition coefficient (Wildman–Crippen LogP) is 1.66. The van der Waals surface area contributed by atoms with E-state index in [2.05, 4.69) is 5.32 Å². The monoisotopic (exact) mass is 295 g/mol. The van der Waals surface area contributed by atoms with Gasteiger partial charge in [0.15, 0.2) is 0 Å². The van der Waals surface area contributed by atoms with Gasteiger partial charge >= 0.3 is 0 Å². The van der Waals surface area contributed by atoms with Crippen molar-refractivity contribution in [2.75, 3.05) is 18.8 Å². The van der Waals surface area contributed by atoms with E-state index < -0.39 is 0 Å². The van der Waals surface area contributed by atoms with E-state index in [-0.39, 0.29) is 24.4 Å². The van der Waals surface area contributed by atoms with Crippen LogP contribution in [0.25, 0.3) is 0 Å². The van der Waals surface area contributed by atoms with Crippen LogP contribution in [0.4, 0.5) is 5.69 Å². The SMILES string of the molecule is C[C@@H]1CCCN1C(=O)CNC(=O)c1ccc(N)c(Cl)c1. The summed E-state index contributed by atoms with van der Waals surface area (Å²) < 4.78 is 0. The molecule has 1 fully saturated rings. The number of amides is 2. The molecule has 0 saturated carbocycles. The third-order valence-electron chi connectivity index (χ3n) is 3.54. The quantitative estimate of drug-likeness (QED) is 0.833. The van der Waals surface area contributed by atoms with E-state index in [4.69, 9.17) is 17.3 Å². The number of benzene rings is 1. The molecule has 0 bridgehead atoms. The molecule has 3 N–H and O–H groups in total. The molecule has 1 aromatic carbocycles. The molecule has 1 atom stereocenters. The topological polar surface area (TPSA) is 75.4 Å². The molecule has 5 nitrogen and oxygen atoms in total. The van der Waals surface area contributed by atoms with Gasteiger partial charge in [0.05, 0.1) is 17.3 Å². The Kier molecular flexibility index (Phi) is 4.49. The Labute approximate surface area is 123 Å². The molecule has 6 heteroatoms. The van der Waals surface area contributed by atoms with Crippen LogP contribution in [0.15, 0.2) is 18.2 Å². The molecule has 108 valence electrons. The van der Waals surface area contributed by atoms with Gasteiger partial charge in [0, 0.05) is 18.2 Å². The molecule has 20 heavy (non-hydrogen) atoms. The second-order valence-electron chi connectivity index (χ2n) is 5.00. The zero-order valence-electron chi connectivity index (χ0n) is 11.4. The van der Waals surface area contributed by atoms with Crippen molar-refractivity contribution in [3.8, 4) is 0 Å². The lowest BCUT2D eigenvalue weighted by Gasteiger charge is -2.21. The number of nitrogen functional groups attached to an aromatic ring is 1. The molecular weight excluding hydrogens is 278 g/mol. The number of nitrogens with two attached hydrogens (primary N) is 1. The molecule has 1 aliphatic heterocycles. The number of hydrogen-bond acceptors (Lipinski definition) is 3. The first-order valence-corrected chi connectivity index (χ1v) is 6.99. The zero-order valence-corrected chi connectivity index (χ0v) is 12.1. The van der Waals surface area contributed by atoms with Crippen molar-refractivity contribution < 1.29 is 9.59 Å². The number of rotatable bonds is 3. The molecule has 2 rings (SSSR count). The maximum absolute atomic E-state index is 12.0. The van der Waals surface area contributed by atoms with Crippen LogP contribution in [-0.4, -0.2) is 35.8 Å². The van der Waals surface area contributed by atoms with Gasteiger partial charge in [0.1, 0.15) is 0 Å². The van der Waals surface area contributed by atoms with Gasteiger partial charge in [-0.2, -0.15) is 0 Å². The molecule has 2 amide bonds. The van der Waals surface area contributed by atoms with Crippen LogP contribution in [-0.2, 0) is 4.79 Å².